The van der Waals surface area contributed by atoms with Gasteiger partial charge in [0.15, 0.2) is 5.84 Å². The lowest BCUT2D eigenvalue weighted by Crippen LogP contribution is -2.12. The molecule has 0 spiro atoms. The number of para-hydroxylation sites is 1. The summed E-state index contributed by atoms with van der Waals surface area (Å²) in [7, 11) is 0. The number of amidine groups is 1. The van der Waals surface area contributed by atoms with Crippen LogP contribution in [0.2, 0.25) is 0 Å². The summed E-state index contributed by atoms with van der Waals surface area (Å²) >= 11 is 3.74. The third kappa shape index (κ3) is 6.22. The fourth-order valence-corrected chi connectivity index (χ4v) is 13.2. The van der Waals surface area contributed by atoms with Crippen molar-refractivity contribution in [1.29, 1.82) is 0 Å². The minimum Gasteiger partial charge on any atom is -0.308 e. The number of hydrogen-bond acceptors (Lipinski definition) is 4. The maximum atomic E-state index is 5.82. The Morgan fingerprint density at radius 3 is 1.93 bits per heavy atom. The predicted molar refractivity (Wildman–Crippen MR) is 289 cm³/mol. The molecule has 316 valence electrons. The molecule has 4 heterocycles. The van der Waals surface area contributed by atoms with Crippen LogP contribution in [0.5, 0.6) is 0 Å². The molecular formula is C62H41N3S2. The van der Waals surface area contributed by atoms with E-state index < -0.39 is 0 Å². The summed E-state index contributed by atoms with van der Waals surface area (Å²) in [5.74, 6) is 0.941. The van der Waals surface area contributed by atoms with Gasteiger partial charge in [0.05, 0.1) is 33.2 Å². The first kappa shape index (κ1) is 38.6. The Morgan fingerprint density at radius 2 is 1.12 bits per heavy atom. The lowest BCUT2D eigenvalue weighted by molar-refractivity contribution is 0.493. The second kappa shape index (κ2) is 15.2. The number of thiophene rings is 2. The van der Waals surface area contributed by atoms with Crippen LogP contribution in [-0.2, 0) is 0 Å². The number of rotatable bonds is 5. The maximum absolute atomic E-state index is 5.82. The SMILES string of the molecule is CC1CC(c2cc(-n3c4ccccc4c4cc5ccccc5cc43)c3sc4cc5ccccc5cc4c3c2)=NC(c2cccc3sc4ccccc4c23)=NC1c1ccc(-c2ccccc2)cc1. The van der Waals surface area contributed by atoms with E-state index in [4.69, 9.17) is 9.98 Å². The normalized spacial score (nSPS) is 15.7. The quantitative estimate of drug-likeness (QED) is 0.165. The first-order valence-corrected chi connectivity index (χ1v) is 24.8. The molecule has 0 saturated heterocycles. The van der Waals surface area contributed by atoms with E-state index >= 15 is 0 Å². The number of hydrogen-bond donors (Lipinski definition) is 0. The summed E-state index contributed by atoms with van der Waals surface area (Å²) in [6, 6.07) is 75.9. The molecule has 67 heavy (non-hydrogen) atoms. The molecule has 1 aliphatic heterocycles. The Morgan fingerprint density at radius 1 is 0.463 bits per heavy atom. The molecule has 0 fully saturated rings. The molecule has 2 unspecified atom stereocenters. The number of fused-ring (bicyclic) bond motifs is 11. The Balaban J connectivity index is 1.03. The smallest absolute Gasteiger partial charge is 0.156 e. The Hall–Kier alpha value is -7.70. The van der Waals surface area contributed by atoms with Gasteiger partial charge in [0.2, 0.25) is 0 Å². The molecule has 0 saturated carbocycles. The highest BCUT2D eigenvalue weighted by atomic mass is 32.1. The van der Waals surface area contributed by atoms with Crippen LogP contribution in [-0.4, -0.2) is 16.1 Å². The first-order valence-electron chi connectivity index (χ1n) is 23.1. The summed E-state index contributed by atoms with van der Waals surface area (Å²) in [5.41, 5.74) is 10.5. The zero-order valence-electron chi connectivity index (χ0n) is 36.6. The monoisotopic (exact) mass is 891 g/mol. The van der Waals surface area contributed by atoms with Crippen LogP contribution < -0.4 is 0 Å². The van der Waals surface area contributed by atoms with Gasteiger partial charge in [0.25, 0.3) is 0 Å². The van der Waals surface area contributed by atoms with Crippen LogP contribution in [0.25, 0.3) is 101 Å². The average molecular weight is 892 g/mol. The molecule has 10 aromatic carbocycles. The van der Waals surface area contributed by atoms with Crippen LogP contribution >= 0.6 is 22.7 Å². The second-order valence-corrected chi connectivity index (χ2v) is 20.3. The van der Waals surface area contributed by atoms with Crippen molar-refractivity contribution < 1.29 is 0 Å². The van der Waals surface area contributed by atoms with Crippen LogP contribution in [0, 0.1) is 5.92 Å². The number of aliphatic imine (C=N–C) groups is 2. The standard InChI is InChI=1S/C62H41N3S2/c1-37-30-52(63-62(48-22-13-25-57-59(48)47-21-10-12-24-56(47)66-57)64-60(37)40-28-26-39(27-29-40)38-14-3-2-4-15-38)45-33-51-50-32-42-17-6-8-19-44(42)36-58(50)67-61(51)55(35-45)65-53-23-11-9-20-46(53)49-31-41-16-5-7-18-43(41)34-54(49)65/h2-29,31-37,60H,30H2,1H3. The Labute approximate surface area is 395 Å². The second-order valence-electron chi connectivity index (χ2n) is 18.1. The molecule has 1 aliphatic rings. The first-order chi connectivity index (χ1) is 33.1. The Bertz CT molecular complexity index is 4210. The number of aromatic nitrogens is 1. The Kier molecular flexibility index (Phi) is 8.73. The van der Waals surface area contributed by atoms with Crippen molar-refractivity contribution in [3.05, 3.63) is 223 Å². The molecule has 14 rings (SSSR count). The molecule has 3 nitrogen and oxygen atoms in total. The van der Waals surface area contributed by atoms with Crippen LogP contribution in [0.3, 0.4) is 0 Å². The van der Waals surface area contributed by atoms with Gasteiger partial charge in [0.1, 0.15) is 0 Å². The highest BCUT2D eigenvalue weighted by molar-refractivity contribution is 7.26. The molecule has 3 aromatic heterocycles. The lowest BCUT2D eigenvalue weighted by Gasteiger charge is -2.20. The van der Waals surface area contributed by atoms with Gasteiger partial charge >= 0.3 is 0 Å². The summed E-state index contributed by atoms with van der Waals surface area (Å²) < 4.78 is 7.61. The van der Waals surface area contributed by atoms with Gasteiger partial charge < -0.3 is 4.57 Å². The van der Waals surface area contributed by atoms with Crippen LogP contribution in [0.1, 0.15) is 36.1 Å². The van der Waals surface area contributed by atoms with Gasteiger partial charge in [-0.05, 0) is 111 Å². The largest absolute Gasteiger partial charge is 0.308 e. The lowest BCUT2D eigenvalue weighted by atomic mass is 9.88. The van der Waals surface area contributed by atoms with Gasteiger partial charge in [-0.1, -0.05) is 159 Å². The fourth-order valence-electron chi connectivity index (χ4n) is 10.9. The van der Waals surface area contributed by atoms with Gasteiger partial charge in [-0.2, -0.15) is 0 Å². The van der Waals surface area contributed by atoms with Gasteiger partial charge in [-0.15, -0.1) is 22.7 Å². The van der Waals surface area contributed by atoms with Crippen LogP contribution in [0.15, 0.2) is 216 Å². The van der Waals surface area contributed by atoms with E-state index in [2.05, 4.69) is 218 Å². The summed E-state index contributed by atoms with van der Waals surface area (Å²) in [4.78, 5) is 11.6. The van der Waals surface area contributed by atoms with Crippen molar-refractivity contribution in [3.8, 4) is 16.8 Å². The van der Waals surface area contributed by atoms with Gasteiger partial charge in [0, 0.05) is 52.0 Å². The zero-order valence-corrected chi connectivity index (χ0v) is 38.3. The van der Waals surface area contributed by atoms with E-state index in [1.165, 1.54) is 106 Å². The summed E-state index contributed by atoms with van der Waals surface area (Å²) in [5, 5.41) is 12.5. The third-order valence-electron chi connectivity index (χ3n) is 14.1. The van der Waals surface area contributed by atoms with Gasteiger partial charge in [-0.3, -0.25) is 4.99 Å². The third-order valence-corrected chi connectivity index (χ3v) is 16.4. The fraction of sp³-hybridized carbons (Fsp3) is 0.0645. The van der Waals surface area contributed by atoms with Crippen molar-refractivity contribution in [2.45, 2.75) is 19.4 Å². The molecule has 2 atom stereocenters. The summed E-state index contributed by atoms with van der Waals surface area (Å²) in [6.45, 7) is 2.36. The van der Waals surface area contributed by atoms with Crippen molar-refractivity contribution in [3.63, 3.8) is 0 Å². The summed E-state index contributed by atoms with van der Waals surface area (Å²) in [6.07, 6.45) is 0.756. The van der Waals surface area contributed by atoms with Crippen molar-refractivity contribution in [2.75, 3.05) is 0 Å². The van der Waals surface area contributed by atoms with Crippen molar-refractivity contribution in [2.24, 2.45) is 15.9 Å². The molecule has 0 aliphatic carbocycles. The van der Waals surface area contributed by atoms with Crippen LogP contribution in [0.4, 0.5) is 0 Å². The molecule has 0 amide bonds. The molecule has 13 aromatic rings. The van der Waals surface area contributed by atoms with E-state index in [9.17, 15) is 0 Å². The molecule has 0 N–H and O–H groups in total. The minimum absolute atomic E-state index is 0.108. The average Bonchev–Trinajstić information content (AvgIpc) is 4.00. The number of benzene rings is 10. The molecule has 0 radical (unpaired) electrons. The van der Waals surface area contributed by atoms with Crippen molar-refractivity contribution >= 4 is 118 Å². The van der Waals surface area contributed by atoms with E-state index in [0.29, 0.717) is 0 Å². The van der Waals surface area contributed by atoms with E-state index in [1.807, 2.05) is 22.7 Å². The number of nitrogens with zero attached hydrogens (tertiary/aromatic N) is 3. The molecule has 5 heteroatoms. The van der Waals surface area contributed by atoms with E-state index in [-0.39, 0.29) is 12.0 Å². The maximum Gasteiger partial charge on any atom is 0.156 e. The van der Waals surface area contributed by atoms with E-state index in [1.54, 1.807) is 0 Å². The van der Waals surface area contributed by atoms with Crippen molar-refractivity contribution in [1.82, 2.24) is 4.57 Å². The zero-order chi connectivity index (χ0) is 44.2. The predicted octanol–water partition coefficient (Wildman–Crippen LogP) is 17.5. The molecular weight excluding hydrogens is 851 g/mol. The highest BCUT2D eigenvalue weighted by Gasteiger charge is 2.29. The molecule has 0 bridgehead atoms. The minimum atomic E-state index is -0.108. The topological polar surface area (TPSA) is 29.6 Å². The van der Waals surface area contributed by atoms with Gasteiger partial charge in [-0.25, -0.2) is 4.99 Å². The van der Waals surface area contributed by atoms with E-state index in [0.717, 1.165) is 29.1 Å². The highest BCUT2D eigenvalue weighted by Crippen LogP contribution is 2.45.